The quantitative estimate of drug-likeness (QED) is 0.370. The number of hydrogen-bond acceptors (Lipinski definition) is 5. The van der Waals surface area contributed by atoms with E-state index in [0.717, 1.165) is 17.9 Å². The fourth-order valence-corrected chi connectivity index (χ4v) is 3.83. The van der Waals surface area contributed by atoms with Crippen molar-refractivity contribution in [1.82, 2.24) is 19.7 Å². The van der Waals surface area contributed by atoms with Crippen LogP contribution in [0.3, 0.4) is 0 Å². The van der Waals surface area contributed by atoms with Crippen molar-refractivity contribution in [2.75, 3.05) is 19.8 Å². The third kappa shape index (κ3) is 5.07. The van der Waals surface area contributed by atoms with Crippen molar-refractivity contribution >= 4 is 29.1 Å². The molecule has 0 fully saturated rings. The number of benzene rings is 2. The standard InChI is InChI=1S/C22H25ClN4OS/c1-5-16-6-8-17(9-7-16)20(28)14-29-22-25-24-21(15(2)26(3)4)27(22)19-12-10-18(23)11-13-19/h6-13,15H,5,14H2,1-4H3. The third-order valence-electron chi connectivity index (χ3n) is 4.91. The monoisotopic (exact) mass is 428 g/mol. The Balaban J connectivity index is 1.86. The summed E-state index contributed by atoms with van der Waals surface area (Å²) in [6, 6.07) is 15.4. The van der Waals surface area contributed by atoms with E-state index in [9.17, 15) is 4.79 Å². The molecule has 0 radical (unpaired) electrons. The normalized spacial score (nSPS) is 12.3. The molecule has 0 saturated carbocycles. The Morgan fingerprint density at radius 1 is 1.10 bits per heavy atom. The molecule has 1 heterocycles. The van der Waals surface area contributed by atoms with Crippen LogP contribution in [0.4, 0.5) is 0 Å². The van der Waals surface area contributed by atoms with Crippen LogP contribution in [0.25, 0.3) is 5.69 Å². The predicted octanol–water partition coefficient (Wildman–Crippen LogP) is 5.08. The minimum atomic E-state index is 0.0600. The smallest absolute Gasteiger partial charge is 0.196 e. The van der Waals surface area contributed by atoms with Gasteiger partial charge in [0.25, 0.3) is 0 Å². The fourth-order valence-electron chi connectivity index (χ4n) is 2.85. The van der Waals surface area contributed by atoms with E-state index in [1.165, 1.54) is 17.3 Å². The van der Waals surface area contributed by atoms with Gasteiger partial charge in [0, 0.05) is 16.3 Å². The van der Waals surface area contributed by atoms with E-state index in [-0.39, 0.29) is 11.8 Å². The van der Waals surface area contributed by atoms with Crippen LogP contribution in [0.1, 0.15) is 41.6 Å². The topological polar surface area (TPSA) is 51.0 Å². The summed E-state index contributed by atoms with van der Waals surface area (Å²) in [5.74, 6) is 1.19. The van der Waals surface area contributed by atoms with Crippen molar-refractivity contribution in [2.24, 2.45) is 0 Å². The Bertz CT molecular complexity index is 967. The number of nitrogens with zero attached hydrogens (tertiary/aromatic N) is 4. The van der Waals surface area contributed by atoms with E-state index in [1.54, 1.807) is 0 Å². The van der Waals surface area contributed by atoms with Crippen LogP contribution < -0.4 is 0 Å². The minimum absolute atomic E-state index is 0.0600. The number of ketones is 1. The molecule has 152 valence electrons. The summed E-state index contributed by atoms with van der Waals surface area (Å²) < 4.78 is 2.00. The first-order valence-electron chi connectivity index (χ1n) is 9.53. The number of rotatable bonds is 8. The van der Waals surface area contributed by atoms with Crippen LogP contribution in [0.2, 0.25) is 5.02 Å². The zero-order valence-corrected chi connectivity index (χ0v) is 18.7. The minimum Gasteiger partial charge on any atom is -0.300 e. The van der Waals surface area contributed by atoms with Crippen molar-refractivity contribution in [2.45, 2.75) is 31.5 Å². The van der Waals surface area contributed by atoms with E-state index >= 15 is 0 Å². The van der Waals surface area contributed by atoms with Gasteiger partial charge >= 0.3 is 0 Å². The molecular formula is C22H25ClN4OS. The van der Waals surface area contributed by atoms with Gasteiger partial charge in [-0.1, -0.05) is 54.6 Å². The summed E-state index contributed by atoms with van der Waals surface area (Å²) in [6.07, 6.45) is 0.959. The molecule has 1 aromatic heterocycles. The second kappa shape index (κ2) is 9.57. The average Bonchev–Trinajstić information content (AvgIpc) is 3.15. The van der Waals surface area contributed by atoms with Crippen LogP contribution in [0.15, 0.2) is 53.7 Å². The largest absolute Gasteiger partial charge is 0.300 e. The van der Waals surface area contributed by atoms with Gasteiger partial charge in [0.05, 0.1) is 11.8 Å². The van der Waals surface area contributed by atoms with E-state index < -0.39 is 0 Å². The Hall–Kier alpha value is -2.15. The molecule has 0 saturated heterocycles. The van der Waals surface area contributed by atoms with Crippen LogP contribution in [-0.4, -0.2) is 45.3 Å². The lowest BCUT2D eigenvalue weighted by Gasteiger charge is -2.20. The molecular weight excluding hydrogens is 404 g/mol. The van der Waals surface area contributed by atoms with Crippen molar-refractivity contribution in [3.63, 3.8) is 0 Å². The van der Waals surface area contributed by atoms with Gasteiger partial charge in [-0.3, -0.25) is 14.3 Å². The molecule has 0 aliphatic rings. The lowest BCUT2D eigenvalue weighted by atomic mass is 10.1. The molecule has 0 aliphatic heterocycles. The summed E-state index contributed by atoms with van der Waals surface area (Å²) in [4.78, 5) is 14.7. The molecule has 2 aromatic carbocycles. The van der Waals surface area contributed by atoms with Gasteiger partial charge in [0.15, 0.2) is 16.8 Å². The number of carbonyl (C=O) groups is 1. The number of halogens is 1. The Morgan fingerprint density at radius 2 is 1.76 bits per heavy atom. The number of hydrogen-bond donors (Lipinski definition) is 0. The first-order chi connectivity index (χ1) is 13.9. The third-order valence-corrected chi connectivity index (χ3v) is 6.09. The van der Waals surface area contributed by atoms with Gasteiger partial charge in [-0.25, -0.2) is 0 Å². The van der Waals surface area contributed by atoms with Crippen LogP contribution in [0, 0.1) is 0 Å². The molecule has 0 N–H and O–H groups in total. The van der Waals surface area contributed by atoms with Gasteiger partial charge in [-0.2, -0.15) is 0 Å². The van der Waals surface area contributed by atoms with E-state index in [2.05, 4.69) is 28.9 Å². The Morgan fingerprint density at radius 3 is 2.34 bits per heavy atom. The summed E-state index contributed by atoms with van der Waals surface area (Å²) in [5.41, 5.74) is 2.86. The van der Waals surface area contributed by atoms with E-state index in [0.29, 0.717) is 21.5 Å². The molecule has 5 nitrogen and oxygen atoms in total. The highest BCUT2D eigenvalue weighted by molar-refractivity contribution is 7.99. The number of carbonyl (C=O) groups excluding carboxylic acids is 1. The van der Waals surface area contributed by atoms with Gasteiger partial charge < -0.3 is 0 Å². The maximum atomic E-state index is 12.7. The number of aromatic nitrogens is 3. The highest BCUT2D eigenvalue weighted by atomic mass is 35.5. The highest BCUT2D eigenvalue weighted by Crippen LogP contribution is 2.28. The van der Waals surface area contributed by atoms with Gasteiger partial charge in [-0.15, -0.1) is 10.2 Å². The van der Waals surface area contributed by atoms with Crippen molar-refractivity contribution in [3.05, 3.63) is 70.5 Å². The molecule has 0 bridgehead atoms. The lowest BCUT2D eigenvalue weighted by Crippen LogP contribution is -2.20. The zero-order chi connectivity index (χ0) is 21.0. The van der Waals surface area contributed by atoms with Crippen LogP contribution in [0.5, 0.6) is 0 Å². The van der Waals surface area contributed by atoms with Gasteiger partial charge in [-0.05, 0) is 57.3 Å². The molecule has 0 spiro atoms. The van der Waals surface area contributed by atoms with Crippen LogP contribution >= 0.6 is 23.4 Å². The Kier molecular flexibility index (Phi) is 7.11. The second-order valence-corrected chi connectivity index (χ2v) is 8.43. The molecule has 7 heteroatoms. The van der Waals surface area contributed by atoms with Gasteiger partial charge in [0.1, 0.15) is 0 Å². The fraction of sp³-hybridized carbons (Fsp3) is 0.318. The average molecular weight is 429 g/mol. The molecule has 3 rings (SSSR count). The van der Waals surface area contributed by atoms with Crippen LogP contribution in [-0.2, 0) is 6.42 Å². The number of Topliss-reactive ketones (excluding diaryl/α,β-unsaturated/α-hetero) is 1. The maximum absolute atomic E-state index is 12.7. The molecule has 3 aromatic rings. The summed E-state index contributed by atoms with van der Waals surface area (Å²) in [7, 11) is 4.00. The first kappa shape index (κ1) is 21.6. The van der Waals surface area contributed by atoms with Crippen molar-refractivity contribution < 1.29 is 4.79 Å². The first-order valence-corrected chi connectivity index (χ1v) is 10.9. The van der Waals surface area contributed by atoms with E-state index in [1.807, 2.05) is 67.2 Å². The summed E-state index contributed by atoms with van der Waals surface area (Å²) in [5, 5.41) is 10.2. The molecule has 29 heavy (non-hydrogen) atoms. The molecule has 0 aliphatic carbocycles. The molecule has 1 atom stereocenters. The molecule has 0 amide bonds. The summed E-state index contributed by atoms with van der Waals surface area (Å²) >= 11 is 7.46. The number of thioether (sulfide) groups is 1. The highest BCUT2D eigenvalue weighted by Gasteiger charge is 2.21. The van der Waals surface area contributed by atoms with Crippen molar-refractivity contribution in [3.8, 4) is 5.69 Å². The predicted molar refractivity (Wildman–Crippen MR) is 119 cm³/mol. The van der Waals surface area contributed by atoms with Crippen molar-refractivity contribution in [1.29, 1.82) is 0 Å². The van der Waals surface area contributed by atoms with E-state index in [4.69, 9.17) is 11.6 Å². The van der Waals surface area contributed by atoms with Gasteiger partial charge in [0.2, 0.25) is 0 Å². The SMILES string of the molecule is CCc1ccc(C(=O)CSc2nnc(C(C)N(C)C)n2-c2ccc(Cl)cc2)cc1. The summed E-state index contributed by atoms with van der Waals surface area (Å²) in [6.45, 7) is 4.17. The lowest BCUT2D eigenvalue weighted by molar-refractivity contribution is 0.102. The Labute approximate surface area is 181 Å². The maximum Gasteiger partial charge on any atom is 0.196 e. The molecule has 1 unspecified atom stereocenters. The second-order valence-electron chi connectivity index (χ2n) is 7.05. The number of aryl methyl sites for hydroxylation is 1. The zero-order valence-electron chi connectivity index (χ0n) is 17.1.